The van der Waals surface area contributed by atoms with E-state index < -0.39 is 23.5 Å². The van der Waals surface area contributed by atoms with E-state index in [9.17, 15) is 14.4 Å². The van der Waals surface area contributed by atoms with E-state index in [-0.39, 0.29) is 6.04 Å². The Morgan fingerprint density at radius 3 is 2.53 bits per heavy atom. The summed E-state index contributed by atoms with van der Waals surface area (Å²) in [4.78, 5) is 45.7. The number of carbonyl (C=O) groups excluding carboxylic acids is 3. The summed E-state index contributed by atoms with van der Waals surface area (Å²) in [6.45, 7) is 7.12. The van der Waals surface area contributed by atoms with Gasteiger partial charge in [0.15, 0.2) is 0 Å². The van der Waals surface area contributed by atoms with Crippen molar-refractivity contribution >= 4 is 23.6 Å². The molecule has 3 heterocycles. The quantitative estimate of drug-likeness (QED) is 0.736. The van der Waals surface area contributed by atoms with Gasteiger partial charge >= 0.3 is 6.09 Å². The Kier molecular flexibility index (Phi) is 5.60. The fraction of sp³-hybridized carbons (Fsp3) is 0.391. The van der Waals surface area contributed by atoms with Gasteiger partial charge in [0, 0.05) is 25.7 Å². The molecular weight excluding hydrogens is 412 g/mol. The molecule has 1 saturated heterocycles. The van der Waals surface area contributed by atoms with Crippen LogP contribution >= 0.6 is 0 Å². The Bertz CT molecular complexity index is 1060. The van der Waals surface area contributed by atoms with Crippen molar-refractivity contribution in [1.82, 2.24) is 15.2 Å². The van der Waals surface area contributed by atoms with Crippen molar-refractivity contribution < 1.29 is 23.9 Å². The summed E-state index contributed by atoms with van der Waals surface area (Å²) >= 11 is 0. The molecule has 1 fully saturated rings. The van der Waals surface area contributed by atoms with E-state index in [0.717, 1.165) is 10.5 Å². The Balaban J connectivity index is 1.63. The molecule has 4 rings (SSSR count). The molecular formula is C23H26N4O5. The third-order valence-corrected chi connectivity index (χ3v) is 5.35. The number of nitrogens with zero attached hydrogens (tertiary/aromatic N) is 3. The fourth-order valence-electron chi connectivity index (χ4n) is 3.87. The number of amides is 3. The maximum absolute atomic E-state index is 13.1. The number of nitrogens with one attached hydrogen (secondary N) is 1. The smallest absolute Gasteiger partial charge is 0.410 e. The molecule has 2 aliphatic heterocycles. The first-order valence-corrected chi connectivity index (χ1v) is 10.4. The lowest BCUT2D eigenvalue weighted by molar-refractivity contribution is 0.0118. The van der Waals surface area contributed by atoms with Gasteiger partial charge in [-0.1, -0.05) is 6.07 Å². The molecule has 3 amide bonds. The predicted octanol–water partition coefficient (Wildman–Crippen LogP) is 2.77. The van der Waals surface area contributed by atoms with E-state index in [2.05, 4.69) is 10.3 Å². The standard InChI is InChI=1S/C23H26N4O5/c1-23(2,3)32-22(30)26-10-9-24-13-18(26)14-5-7-16-17(11-14)21(29)27(20(16)28)15-6-8-19(31-4)25-12-15/h5-8,11-12,18,24H,9-10,13H2,1-4H3. The van der Waals surface area contributed by atoms with Crippen molar-refractivity contribution in [3.8, 4) is 5.88 Å². The van der Waals surface area contributed by atoms with Crippen LogP contribution in [0.25, 0.3) is 0 Å². The highest BCUT2D eigenvalue weighted by Gasteiger charge is 2.39. The lowest BCUT2D eigenvalue weighted by Crippen LogP contribution is -2.50. The van der Waals surface area contributed by atoms with Gasteiger partial charge in [-0.25, -0.2) is 14.7 Å². The molecule has 32 heavy (non-hydrogen) atoms. The summed E-state index contributed by atoms with van der Waals surface area (Å²) in [7, 11) is 1.49. The number of piperazine rings is 1. The van der Waals surface area contributed by atoms with E-state index in [1.165, 1.54) is 13.3 Å². The number of anilines is 1. The highest BCUT2D eigenvalue weighted by molar-refractivity contribution is 6.34. The highest BCUT2D eigenvalue weighted by atomic mass is 16.6. The van der Waals surface area contributed by atoms with Crippen molar-refractivity contribution in [1.29, 1.82) is 0 Å². The maximum atomic E-state index is 13.1. The number of hydrogen-bond donors (Lipinski definition) is 1. The third kappa shape index (κ3) is 4.03. The summed E-state index contributed by atoms with van der Waals surface area (Å²) in [6, 6.07) is 8.02. The number of hydrogen-bond acceptors (Lipinski definition) is 7. The number of fused-ring (bicyclic) bond motifs is 1. The zero-order valence-electron chi connectivity index (χ0n) is 18.5. The second-order valence-electron chi connectivity index (χ2n) is 8.70. The Morgan fingerprint density at radius 1 is 1.12 bits per heavy atom. The van der Waals surface area contributed by atoms with Crippen LogP contribution in [0.3, 0.4) is 0 Å². The van der Waals surface area contributed by atoms with Crippen LogP contribution in [0.4, 0.5) is 10.5 Å². The zero-order chi connectivity index (χ0) is 23.0. The van der Waals surface area contributed by atoms with Crippen molar-refractivity contribution in [3.63, 3.8) is 0 Å². The van der Waals surface area contributed by atoms with Gasteiger partial charge < -0.3 is 14.8 Å². The van der Waals surface area contributed by atoms with E-state index in [1.807, 2.05) is 20.8 Å². The molecule has 1 aromatic heterocycles. The minimum Gasteiger partial charge on any atom is -0.481 e. The van der Waals surface area contributed by atoms with Crippen LogP contribution in [0.1, 0.15) is 53.1 Å². The molecule has 0 spiro atoms. The zero-order valence-corrected chi connectivity index (χ0v) is 18.5. The topological polar surface area (TPSA) is 101 Å². The lowest BCUT2D eigenvalue weighted by atomic mass is 9.98. The van der Waals surface area contributed by atoms with Crippen molar-refractivity contribution in [3.05, 3.63) is 53.2 Å². The van der Waals surface area contributed by atoms with Gasteiger partial charge in [0.2, 0.25) is 5.88 Å². The summed E-state index contributed by atoms with van der Waals surface area (Å²) < 4.78 is 10.6. The molecule has 0 aliphatic carbocycles. The van der Waals surface area contributed by atoms with Gasteiger partial charge in [0.1, 0.15) is 5.60 Å². The normalized spacial score (nSPS) is 18.6. The molecule has 1 aromatic carbocycles. The Labute approximate surface area is 186 Å². The molecule has 9 nitrogen and oxygen atoms in total. The van der Waals surface area contributed by atoms with Gasteiger partial charge in [0.05, 0.1) is 36.2 Å². The number of ether oxygens (including phenoxy) is 2. The minimum absolute atomic E-state index is 0.304. The summed E-state index contributed by atoms with van der Waals surface area (Å²) in [5.74, 6) is -0.444. The number of benzene rings is 1. The first-order chi connectivity index (χ1) is 15.2. The maximum Gasteiger partial charge on any atom is 0.410 e. The number of pyridine rings is 1. The fourth-order valence-corrected chi connectivity index (χ4v) is 3.87. The first-order valence-electron chi connectivity index (χ1n) is 10.4. The highest BCUT2D eigenvalue weighted by Crippen LogP contribution is 2.32. The summed E-state index contributed by atoms with van der Waals surface area (Å²) in [6.07, 6.45) is 1.02. The van der Waals surface area contributed by atoms with E-state index >= 15 is 0 Å². The lowest BCUT2D eigenvalue weighted by Gasteiger charge is -2.37. The van der Waals surface area contributed by atoms with Crippen LogP contribution in [0.2, 0.25) is 0 Å². The molecule has 2 aromatic rings. The average molecular weight is 438 g/mol. The SMILES string of the molecule is COc1ccc(N2C(=O)c3ccc(C4CNCCN4C(=O)OC(C)(C)C)cc3C2=O)cn1. The Morgan fingerprint density at radius 2 is 1.88 bits per heavy atom. The van der Waals surface area contributed by atoms with Crippen LogP contribution in [-0.2, 0) is 4.74 Å². The second-order valence-corrected chi connectivity index (χ2v) is 8.70. The van der Waals surface area contributed by atoms with Gasteiger partial charge in [0.25, 0.3) is 11.8 Å². The number of imide groups is 1. The molecule has 0 radical (unpaired) electrons. The Hall–Kier alpha value is -3.46. The van der Waals surface area contributed by atoms with Gasteiger partial charge in [-0.3, -0.25) is 14.5 Å². The van der Waals surface area contributed by atoms with Gasteiger partial charge in [-0.05, 0) is 44.5 Å². The number of aromatic nitrogens is 1. The van der Waals surface area contributed by atoms with Crippen LogP contribution in [0.15, 0.2) is 36.5 Å². The van der Waals surface area contributed by atoms with Gasteiger partial charge in [-0.2, -0.15) is 0 Å². The van der Waals surface area contributed by atoms with Crippen LogP contribution < -0.4 is 15.0 Å². The van der Waals surface area contributed by atoms with Crippen LogP contribution in [-0.4, -0.2) is 60.1 Å². The number of methoxy groups -OCH3 is 1. The second kappa shape index (κ2) is 8.23. The largest absolute Gasteiger partial charge is 0.481 e. The summed E-state index contributed by atoms with van der Waals surface area (Å²) in [5.41, 5.74) is 1.14. The first kappa shape index (κ1) is 21.8. The molecule has 1 atom stereocenters. The predicted molar refractivity (Wildman–Crippen MR) is 117 cm³/mol. The molecule has 9 heteroatoms. The number of carbonyl (C=O) groups is 3. The van der Waals surface area contributed by atoms with E-state index in [4.69, 9.17) is 9.47 Å². The minimum atomic E-state index is -0.611. The molecule has 1 N–H and O–H groups in total. The van der Waals surface area contributed by atoms with Crippen molar-refractivity contribution in [2.75, 3.05) is 31.6 Å². The number of rotatable bonds is 3. The summed E-state index contributed by atoms with van der Waals surface area (Å²) in [5, 5.41) is 3.28. The molecule has 1 unspecified atom stereocenters. The third-order valence-electron chi connectivity index (χ3n) is 5.35. The van der Waals surface area contributed by atoms with Crippen molar-refractivity contribution in [2.45, 2.75) is 32.4 Å². The average Bonchev–Trinajstić information content (AvgIpc) is 3.02. The molecule has 168 valence electrons. The molecule has 0 bridgehead atoms. The van der Waals surface area contributed by atoms with E-state index in [0.29, 0.717) is 42.3 Å². The molecule has 0 saturated carbocycles. The monoisotopic (exact) mass is 438 g/mol. The van der Waals surface area contributed by atoms with Crippen molar-refractivity contribution in [2.24, 2.45) is 0 Å². The molecule has 2 aliphatic rings. The van der Waals surface area contributed by atoms with Crippen LogP contribution in [0.5, 0.6) is 5.88 Å². The van der Waals surface area contributed by atoms with Crippen LogP contribution in [0, 0.1) is 0 Å². The van der Waals surface area contributed by atoms with E-state index in [1.54, 1.807) is 35.2 Å². The van der Waals surface area contributed by atoms with Gasteiger partial charge in [-0.15, -0.1) is 0 Å².